The maximum atomic E-state index is 13.7. The van der Waals surface area contributed by atoms with Gasteiger partial charge in [-0.15, -0.1) is 0 Å². The summed E-state index contributed by atoms with van der Waals surface area (Å²) in [6.45, 7) is 5.35. The standard InChI is InChI=1S/C21H25FN2O4S/c1-14(24(29(4,26)27)16-9-7-8-15(22)12-16)20(25)23-18-13-21(2,3)28-19-11-6-5-10-17(18)19/h5-12,14,18H,13H2,1-4H3,(H,23,25). The number of carbonyl (C=O) groups excluding carboxylic acids is 1. The molecule has 1 heterocycles. The lowest BCUT2D eigenvalue weighted by molar-refractivity contribution is -0.123. The fourth-order valence-corrected chi connectivity index (χ4v) is 4.81. The molecule has 3 rings (SSSR count). The smallest absolute Gasteiger partial charge is 0.244 e. The average Bonchev–Trinajstić information content (AvgIpc) is 2.59. The quantitative estimate of drug-likeness (QED) is 0.805. The molecule has 0 aliphatic carbocycles. The van der Waals surface area contributed by atoms with Gasteiger partial charge in [0.1, 0.15) is 23.2 Å². The molecule has 0 aromatic heterocycles. The summed E-state index contributed by atoms with van der Waals surface area (Å²) < 4.78 is 45.3. The number of hydrogen-bond donors (Lipinski definition) is 1. The molecule has 0 bridgehead atoms. The van der Waals surface area contributed by atoms with E-state index in [-0.39, 0.29) is 11.7 Å². The van der Waals surface area contributed by atoms with Gasteiger partial charge in [-0.1, -0.05) is 24.3 Å². The van der Waals surface area contributed by atoms with Gasteiger partial charge in [-0.25, -0.2) is 12.8 Å². The van der Waals surface area contributed by atoms with E-state index in [0.717, 1.165) is 22.2 Å². The SMILES string of the molecule is CC(C(=O)NC1CC(C)(C)Oc2ccccc21)N(c1cccc(F)c1)S(C)(=O)=O. The molecular weight excluding hydrogens is 395 g/mol. The predicted octanol–water partition coefficient (Wildman–Crippen LogP) is 3.40. The molecule has 0 spiro atoms. The Morgan fingerprint density at radius 2 is 1.93 bits per heavy atom. The van der Waals surface area contributed by atoms with Crippen molar-refractivity contribution in [3.05, 3.63) is 59.9 Å². The predicted molar refractivity (Wildman–Crippen MR) is 110 cm³/mol. The van der Waals surface area contributed by atoms with Crippen LogP contribution in [0.2, 0.25) is 0 Å². The van der Waals surface area contributed by atoms with E-state index >= 15 is 0 Å². The van der Waals surface area contributed by atoms with Crippen LogP contribution < -0.4 is 14.4 Å². The van der Waals surface area contributed by atoms with Gasteiger partial charge in [0.05, 0.1) is 18.0 Å². The molecule has 0 saturated heterocycles. The molecule has 1 aliphatic heterocycles. The second kappa shape index (κ2) is 7.67. The minimum absolute atomic E-state index is 0.0999. The molecule has 8 heteroatoms. The van der Waals surface area contributed by atoms with Crippen molar-refractivity contribution in [3.63, 3.8) is 0 Å². The third-order valence-corrected chi connectivity index (χ3v) is 6.09. The highest BCUT2D eigenvalue weighted by atomic mass is 32.2. The van der Waals surface area contributed by atoms with Crippen molar-refractivity contribution in [2.24, 2.45) is 0 Å². The number of para-hydroxylation sites is 1. The number of sulfonamides is 1. The monoisotopic (exact) mass is 420 g/mol. The number of fused-ring (bicyclic) bond motifs is 1. The van der Waals surface area contributed by atoms with E-state index in [1.54, 1.807) is 0 Å². The van der Waals surface area contributed by atoms with Gasteiger partial charge in [0.25, 0.3) is 0 Å². The topological polar surface area (TPSA) is 75.7 Å². The molecule has 1 aliphatic rings. The molecule has 2 aromatic carbocycles. The summed E-state index contributed by atoms with van der Waals surface area (Å²) >= 11 is 0. The molecule has 2 atom stereocenters. The first-order valence-electron chi connectivity index (χ1n) is 9.31. The minimum atomic E-state index is -3.82. The zero-order chi connectivity index (χ0) is 21.4. The van der Waals surface area contributed by atoms with Gasteiger partial charge in [0, 0.05) is 12.0 Å². The second-order valence-corrected chi connectivity index (χ2v) is 9.74. The van der Waals surface area contributed by atoms with Crippen LogP contribution in [0.3, 0.4) is 0 Å². The number of amides is 1. The van der Waals surface area contributed by atoms with Gasteiger partial charge >= 0.3 is 0 Å². The number of nitrogens with zero attached hydrogens (tertiary/aromatic N) is 1. The molecule has 2 unspecified atom stereocenters. The normalized spacial score (nSPS) is 18.9. The van der Waals surface area contributed by atoms with E-state index in [4.69, 9.17) is 4.74 Å². The summed E-state index contributed by atoms with van der Waals surface area (Å²) in [5, 5.41) is 2.95. The van der Waals surface area contributed by atoms with Crippen molar-refractivity contribution < 1.29 is 22.3 Å². The van der Waals surface area contributed by atoms with Gasteiger partial charge in [0.15, 0.2) is 0 Å². The van der Waals surface area contributed by atoms with Gasteiger partial charge in [-0.2, -0.15) is 0 Å². The van der Waals surface area contributed by atoms with Crippen molar-refractivity contribution in [2.75, 3.05) is 10.6 Å². The molecular formula is C21H25FN2O4S. The van der Waals surface area contributed by atoms with Crippen LogP contribution in [0.5, 0.6) is 5.75 Å². The molecule has 156 valence electrons. The lowest BCUT2D eigenvalue weighted by Crippen LogP contribution is -2.50. The first-order chi connectivity index (χ1) is 13.5. The Kier molecular flexibility index (Phi) is 5.58. The highest BCUT2D eigenvalue weighted by molar-refractivity contribution is 7.92. The van der Waals surface area contributed by atoms with Crippen molar-refractivity contribution in [2.45, 2.75) is 44.9 Å². The lowest BCUT2D eigenvalue weighted by atomic mass is 9.89. The summed E-state index contributed by atoms with van der Waals surface area (Å²) in [7, 11) is -3.82. The Bertz CT molecular complexity index is 1020. The van der Waals surface area contributed by atoms with Crippen LogP contribution in [0.15, 0.2) is 48.5 Å². The largest absolute Gasteiger partial charge is 0.487 e. The second-order valence-electron chi connectivity index (χ2n) is 7.88. The highest BCUT2D eigenvalue weighted by Gasteiger charge is 2.36. The highest BCUT2D eigenvalue weighted by Crippen LogP contribution is 2.39. The van der Waals surface area contributed by atoms with Crippen molar-refractivity contribution in [3.8, 4) is 5.75 Å². The van der Waals surface area contributed by atoms with Crippen molar-refractivity contribution in [1.29, 1.82) is 0 Å². The van der Waals surface area contributed by atoms with Gasteiger partial charge < -0.3 is 10.1 Å². The van der Waals surface area contributed by atoms with Crippen molar-refractivity contribution >= 4 is 21.6 Å². The van der Waals surface area contributed by atoms with E-state index in [2.05, 4.69) is 5.32 Å². The third kappa shape index (κ3) is 4.70. The molecule has 1 amide bonds. The maximum Gasteiger partial charge on any atom is 0.244 e. The fraction of sp³-hybridized carbons (Fsp3) is 0.381. The Balaban J connectivity index is 1.89. The number of nitrogens with one attached hydrogen (secondary N) is 1. The maximum absolute atomic E-state index is 13.7. The number of carbonyl (C=O) groups is 1. The number of anilines is 1. The van der Waals surface area contributed by atoms with Crippen LogP contribution in [0.4, 0.5) is 10.1 Å². The van der Waals surface area contributed by atoms with Crippen LogP contribution in [0.1, 0.15) is 38.8 Å². The van der Waals surface area contributed by atoms with E-state index < -0.39 is 33.4 Å². The van der Waals surface area contributed by atoms with Crippen LogP contribution in [-0.2, 0) is 14.8 Å². The first kappa shape index (κ1) is 21.1. The van der Waals surface area contributed by atoms with Crippen LogP contribution >= 0.6 is 0 Å². The fourth-order valence-electron chi connectivity index (χ4n) is 3.65. The van der Waals surface area contributed by atoms with Gasteiger partial charge in [-0.05, 0) is 45.0 Å². The summed E-state index contributed by atoms with van der Waals surface area (Å²) in [5.74, 6) is -0.368. The summed E-state index contributed by atoms with van der Waals surface area (Å²) in [4.78, 5) is 13.0. The van der Waals surface area contributed by atoms with E-state index in [0.29, 0.717) is 12.2 Å². The Morgan fingerprint density at radius 1 is 1.24 bits per heavy atom. The molecule has 1 N–H and O–H groups in total. The van der Waals surface area contributed by atoms with E-state index in [1.807, 2.05) is 38.1 Å². The molecule has 2 aromatic rings. The number of halogens is 1. The summed E-state index contributed by atoms with van der Waals surface area (Å²) in [6, 6.07) is 11.2. The number of benzene rings is 2. The molecule has 0 saturated carbocycles. The number of rotatable bonds is 5. The average molecular weight is 421 g/mol. The van der Waals surface area contributed by atoms with Crippen LogP contribution in [0, 0.1) is 5.82 Å². The van der Waals surface area contributed by atoms with Crippen LogP contribution in [-0.4, -0.2) is 32.2 Å². The lowest BCUT2D eigenvalue weighted by Gasteiger charge is -2.38. The zero-order valence-corrected chi connectivity index (χ0v) is 17.7. The summed E-state index contributed by atoms with van der Waals surface area (Å²) in [5.41, 5.74) is 0.445. The zero-order valence-electron chi connectivity index (χ0n) is 16.8. The van der Waals surface area contributed by atoms with Crippen molar-refractivity contribution in [1.82, 2.24) is 5.32 Å². The van der Waals surface area contributed by atoms with Gasteiger partial charge in [0.2, 0.25) is 15.9 Å². The molecule has 0 radical (unpaired) electrons. The molecule has 6 nitrogen and oxygen atoms in total. The Labute approximate surface area is 170 Å². The van der Waals surface area contributed by atoms with Crippen LogP contribution in [0.25, 0.3) is 0 Å². The Hall–Kier alpha value is -2.61. The third-order valence-electron chi connectivity index (χ3n) is 4.84. The van der Waals surface area contributed by atoms with Gasteiger partial charge in [-0.3, -0.25) is 9.10 Å². The number of hydrogen-bond acceptors (Lipinski definition) is 4. The molecule has 29 heavy (non-hydrogen) atoms. The Morgan fingerprint density at radius 3 is 2.59 bits per heavy atom. The summed E-state index contributed by atoms with van der Waals surface area (Å²) in [6.07, 6.45) is 1.52. The molecule has 0 fully saturated rings. The van der Waals surface area contributed by atoms with E-state index in [9.17, 15) is 17.6 Å². The van der Waals surface area contributed by atoms with E-state index in [1.165, 1.54) is 25.1 Å². The first-order valence-corrected chi connectivity index (χ1v) is 11.2. The minimum Gasteiger partial charge on any atom is -0.487 e. The number of ether oxygens (including phenoxy) is 1.